The molecule has 22 heavy (non-hydrogen) atoms. The fraction of sp³-hybridized carbons (Fsp3) is 0.200. The zero-order valence-corrected chi connectivity index (χ0v) is 12.1. The largest absolute Gasteiger partial charge is 0.465 e. The van der Waals surface area contributed by atoms with Crippen molar-refractivity contribution in [1.82, 2.24) is 9.88 Å². The Bertz CT molecular complexity index is 685. The Morgan fingerprint density at radius 3 is 2.41 bits per heavy atom. The van der Waals surface area contributed by atoms with Crippen LogP contribution in [0.3, 0.4) is 0 Å². The van der Waals surface area contributed by atoms with E-state index in [-0.39, 0.29) is 18.9 Å². The highest BCUT2D eigenvalue weighted by Crippen LogP contribution is 2.38. The van der Waals surface area contributed by atoms with Crippen LogP contribution in [-0.4, -0.2) is 34.2 Å². The van der Waals surface area contributed by atoms with Gasteiger partial charge in [-0.05, 0) is 36.4 Å². The molecule has 1 aromatic heterocycles. The SMILES string of the molecule is O=C(O)N1CC(Cl)(c2ccc(Oc3ccc(F)cc3)cn2)C1. The fourth-order valence-electron chi connectivity index (χ4n) is 2.20. The van der Waals surface area contributed by atoms with Crippen LogP contribution in [0, 0.1) is 5.82 Å². The van der Waals surface area contributed by atoms with Gasteiger partial charge in [-0.1, -0.05) is 0 Å². The molecule has 0 atom stereocenters. The molecule has 1 amide bonds. The topological polar surface area (TPSA) is 62.7 Å². The molecular formula is C15H12ClFN2O3. The summed E-state index contributed by atoms with van der Waals surface area (Å²) in [4.78, 5) is 15.4. The van der Waals surface area contributed by atoms with E-state index in [0.29, 0.717) is 17.2 Å². The van der Waals surface area contributed by atoms with Gasteiger partial charge in [-0.15, -0.1) is 11.6 Å². The number of aromatic nitrogens is 1. The number of carbonyl (C=O) groups is 1. The third kappa shape index (κ3) is 2.82. The molecule has 2 heterocycles. The minimum Gasteiger partial charge on any atom is -0.465 e. The molecule has 0 unspecified atom stereocenters. The molecule has 1 aromatic carbocycles. The number of nitrogens with zero attached hydrogens (tertiary/aromatic N) is 2. The quantitative estimate of drug-likeness (QED) is 0.879. The van der Waals surface area contributed by atoms with Crippen molar-refractivity contribution >= 4 is 17.7 Å². The Hall–Kier alpha value is -2.34. The molecule has 2 aromatic rings. The highest BCUT2D eigenvalue weighted by atomic mass is 35.5. The molecule has 0 bridgehead atoms. The molecular weight excluding hydrogens is 311 g/mol. The Morgan fingerprint density at radius 1 is 1.23 bits per heavy atom. The standard InChI is InChI=1S/C15H12ClFN2O3/c16-15(8-19(9-15)14(20)21)13-6-5-12(7-18-13)22-11-3-1-10(17)2-4-11/h1-7H,8-9H2,(H,20,21). The van der Waals surface area contributed by atoms with Crippen LogP contribution < -0.4 is 4.74 Å². The van der Waals surface area contributed by atoms with Gasteiger partial charge in [0.15, 0.2) is 0 Å². The lowest BCUT2D eigenvalue weighted by Gasteiger charge is -2.43. The predicted molar refractivity (Wildman–Crippen MR) is 77.8 cm³/mol. The van der Waals surface area contributed by atoms with Gasteiger partial charge >= 0.3 is 6.09 Å². The van der Waals surface area contributed by atoms with Gasteiger partial charge in [0.05, 0.1) is 25.0 Å². The van der Waals surface area contributed by atoms with E-state index in [4.69, 9.17) is 21.4 Å². The van der Waals surface area contributed by atoms with E-state index >= 15 is 0 Å². The second-order valence-corrected chi connectivity index (χ2v) is 5.76. The summed E-state index contributed by atoms with van der Waals surface area (Å²) < 4.78 is 18.4. The van der Waals surface area contributed by atoms with Crippen LogP contribution in [0.2, 0.25) is 0 Å². The van der Waals surface area contributed by atoms with E-state index in [2.05, 4.69) is 4.98 Å². The third-order valence-corrected chi connectivity index (χ3v) is 3.83. The molecule has 0 aliphatic carbocycles. The Kier molecular flexibility index (Phi) is 3.62. The van der Waals surface area contributed by atoms with Gasteiger partial charge in [0.1, 0.15) is 22.2 Å². The number of alkyl halides is 1. The number of ether oxygens (including phenoxy) is 1. The van der Waals surface area contributed by atoms with Gasteiger partial charge in [-0.25, -0.2) is 9.18 Å². The van der Waals surface area contributed by atoms with Crippen LogP contribution in [0.4, 0.5) is 9.18 Å². The van der Waals surface area contributed by atoms with Crippen molar-refractivity contribution in [2.45, 2.75) is 4.87 Å². The maximum atomic E-state index is 12.8. The average Bonchev–Trinajstić information content (AvgIpc) is 2.47. The number of likely N-dealkylation sites (tertiary alicyclic amines) is 1. The second kappa shape index (κ2) is 5.46. The van der Waals surface area contributed by atoms with E-state index in [1.165, 1.54) is 35.4 Å². The normalized spacial score (nSPS) is 16.0. The summed E-state index contributed by atoms with van der Waals surface area (Å²) in [6.07, 6.45) is 0.513. The zero-order chi connectivity index (χ0) is 15.7. The smallest absolute Gasteiger partial charge is 0.407 e. The van der Waals surface area contributed by atoms with Gasteiger partial charge in [0, 0.05) is 0 Å². The highest BCUT2D eigenvalue weighted by molar-refractivity contribution is 6.25. The molecule has 1 saturated heterocycles. The summed E-state index contributed by atoms with van der Waals surface area (Å²) in [5.41, 5.74) is 0.595. The maximum Gasteiger partial charge on any atom is 0.407 e. The fourth-order valence-corrected chi connectivity index (χ4v) is 2.60. The Balaban J connectivity index is 1.68. The molecule has 7 heteroatoms. The molecule has 5 nitrogen and oxygen atoms in total. The Labute approximate surface area is 130 Å². The van der Waals surface area contributed by atoms with Gasteiger partial charge in [-0.2, -0.15) is 0 Å². The van der Waals surface area contributed by atoms with Gasteiger partial charge in [0.2, 0.25) is 0 Å². The summed E-state index contributed by atoms with van der Waals surface area (Å²) >= 11 is 6.35. The first-order chi connectivity index (χ1) is 10.5. The van der Waals surface area contributed by atoms with E-state index < -0.39 is 11.0 Å². The molecule has 3 rings (SSSR count). The molecule has 114 valence electrons. The lowest BCUT2D eigenvalue weighted by atomic mass is 9.95. The lowest BCUT2D eigenvalue weighted by molar-refractivity contribution is 0.0913. The van der Waals surface area contributed by atoms with Crippen molar-refractivity contribution in [3.8, 4) is 11.5 Å². The molecule has 0 spiro atoms. The zero-order valence-electron chi connectivity index (χ0n) is 11.4. The van der Waals surface area contributed by atoms with Crippen LogP contribution in [0.5, 0.6) is 11.5 Å². The van der Waals surface area contributed by atoms with Crippen LogP contribution >= 0.6 is 11.6 Å². The first-order valence-corrected chi connectivity index (χ1v) is 6.91. The summed E-state index contributed by atoms with van der Waals surface area (Å²) in [6.45, 7) is 0.407. The van der Waals surface area contributed by atoms with Crippen molar-refractivity contribution < 1.29 is 19.0 Å². The molecule has 0 saturated carbocycles. The third-order valence-electron chi connectivity index (χ3n) is 3.40. The number of halogens is 2. The number of amides is 1. The first-order valence-electron chi connectivity index (χ1n) is 6.53. The van der Waals surface area contributed by atoms with E-state index in [0.717, 1.165) is 0 Å². The number of carboxylic acid groups (broad SMARTS) is 1. The van der Waals surface area contributed by atoms with E-state index in [9.17, 15) is 9.18 Å². The van der Waals surface area contributed by atoms with Gasteiger partial charge < -0.3 is 14.7 Å². The van der Waals surface area contributed by atoms with Crippen molar-refractivity contribution in [3.63, 3.8) is 0 Å². The molecule has 1 aliphatic heterocycles. The van der Waals surface area contributed by atoms with Crippen molar-refractivity contribution in [3.05, 3.63) is 54.1 Å². The molecule has 1 fully saturated rings. The van der Waals surface area contributed by atoms with Crippen LogP contribution in [-0.2, 0) is 4.87 Å². The summed E-state index contributed by atoms with van der Waals surface area (Å²) in [6, 6.07) is 9.04. The summed E-state index contributed by atoms with van der Waals surface area (Å²) in [7, 11) is 0. The highest BCUT2D eigenvalue weighted by Gasteiger charge is 2.46. The van der Waals surface area contributed by atoms with Crippen LogP contribution in [0.25, 0.3) is 0 Å². The first kappa shape index (κ1) is 14.6. The van der Waals surface area contributed by atoms with Gasteiger partial charge in [-0.3, -0.25) is 4.98 Å². The lowest BCUT2D eigenvalue weighted by Crippen LogP contribution is -2.58. The van der Waals surface area contributed by atoms with Gasteiger partial charge in [0.25, 0.3) is 0 Å². The maximum absolute atomic E-state index is 12.8. The minimum absolute atomic E-state index is 0.203. The van der Waals surface area contributed by atoms with Crippen LogP contribution in [0.15, 0.2) is 42.6 Å². The number of rotatable bonds is 3. The summed E-state index contributed by atoms with van der Waals surface area (Å²) in [5, 5.41) is 8.84. The van der Waals surface area contributed by atoms with Crippen molar-refractivity contribution in [2.75, 3.05) is 13.1 Å². The van der Waals surface area contributed by atoms with Crippen molar-refractivity contribution in [2.24, 2.45) is 0 Å². The average molecular weight is 323 g/mol. The number of hydrogen-bond acceptors (Lipinski definition) is 3. The Morgan fingerprint density at radius 2 is 1.86 bits per heavy atom. The second-order valence-electron chi connectivity index (χ2n) is 5.04. The number of pyridine rings is 1. The number of hydrogen-bond donors (Lipinski definition) is 1. The minimum atomic E-state index is -0.993. The van der Waals surface area contributed by atoms with Crippen molar-refractivity contribution in [1.29, 1.82) is 0 Å². The predicted octanol–water partition coefficient (Wildman–Crippen LogP) is 3.44. The van der Waals surface area contributed by atoms with E-state index in [1.807, 2.05) is 0 Å². The van der Waals surface area contributed by atoms with E-state index in [1.54, 1.807) is 12.1 Å². The summed E-state index contributed by atoms with van der Waals surface area (Å²) in [5.74, 6) is 0.653. The number of benzene rings is 1. The molecule has 1 N–H and O–H groups in total. The molecule has 1 aliphatic rings. The monoisotopic (exact) mass is 322 g/mol. The molecule has 0 radical (unpaired) electrons. The van der Waals surface area contributed by atoms with Crippen LogP contribution in [0.1, 0.15) is 5.69 Å².